The molecule has 0 bridgehead atoms. The summed E-state index contributed by atoms with van der Waals surface area (Å²) in [5.41, 5.74) is 0. The number of hydrogen-bond acceptors (Lipinski definition) is 2. The van der Waals surface area contributed by atoms with Crippen LogP contribution in [-0.4, -0.2) is 24.4 Å². The zero-order chi connectivity index (χ0) is 11.8. The third-order valence-corrected chi connectivity index (χ3v) is 1.75. The molecule has 0 aromatic carbocycles. The maximum Gasteiger partial charge on any atom is 0.244 e. The molecule has 4 heteroatoms. The lowest BCUT2D eigenvalue weighted by Crippen LogP contribution is -2.45. The van der Waals surface area contributed by atoms with Gasteiger partial charge in [-0.15, -0.1) is 0 Å². The van der Waals surface area contributed by atoms with Gasteiger partial charge < -0.3 is 10.6 Å². The molecular weight excluding hydrogens is 192 g/mol. The molecule has 0 aliphatic carbocycles. The molecule has 0 saturated heterocycles. The van der Waals surface area contributed by atoms with Crippen molar-refractivity contribution < 1.29 is 9.59 Å². The topological polar surface area (TPSA) is 58.2 Å². The van der Waals surface area contributed by atoms with Crippen LogP contribution in [0.25, 0.3) is 0 Å². The Morgan fingerprint density at radius 1 is 1.27 bits per heavy atom. The molecule has 0 aliphatic heterocycles. The van der Waals surface area contributed by atoms with Gasteiger partial charge in [0.1, 0.15) is 6.04 Å². The molecule has 0 fully saturated rings. The highest BCUT2D eigenvalue weighted by molar-refractivity contribution is 5.92. The van der Waals surface area contributed by atoms with Crippen molar-refractivity contribution in [3.8, 4) is 0 Å². The molecule has 86 valence electrons. The summed E-state index contributed by atoms with van der Waals surface area (Å²) < 4.78 is 0. The smallest absolute Gasteiger partial charge is 0.244 e. The first-order valence-electron chi connectivity index (χ1n) is 5.18. The Morgan fingerprint density at radius 3 is 2.33 bits per heavy atom. The van der Waals surface area contributed by atoms with Crippen molar-refractivity contribution >= 4 is 11.8 Å². The highest BCUT2D eigenvalue weighted by atomic mass is 16.2. The number of nitrogens with one attached hydrogen (secondary N) is 2. The van der Waals surface area contributed by atoms with E-state index < -0.39 is 6.04 Å². The van der Waals surface area contributed by atoms with Gasteiger partial charge in [-0.25, -0.2) is 0 Å². The average molecular weight is 212 g/mol. The van der Waals surface area contributed by atoms with E-state index in [-0.39, 0.29) is 11.8 Å². The Balaban J connectivity index is 3.93. The Kier molecular flexibility index (Phi) is 6.42. The van der Waals surface area contributed by atoms with Gasteiger partial charge in [0.25, 0.3) is 0 Å². The van der Waals surface area contributed by atoms with E-state index in [2.05, 4.69) is 10.6 Å². The molecule has 0 radical (unpaired) electrons. The van der Waals surface area contributed by atoms with E-state index in [9.17, 15) is 9.59 Å². The van der Waals surface area contributed by atoms with Gasteiger partial charge in [-0.1, -0.05) is 19.9 Å². The minimum atomic E-state index is -0.493. The second kappa shape index (κ2) is 7.04. The van der Waals surface area contributed by atoms with E-state index in [0.29, 0.717) is 12.5 Å². The van der Waals surface area contributed by atoms with Gasteiger partial charge in [-0.3, -0.25) is 9.59 Å². The lowest BCUT2D eigenvalue weighted by atomic mass is 10.2. The van der Waals surface area contributed by atoms with Crippen LogP contribution in [0.5, 0.6) is 0 Å². The van der Waals surface area contributed by atoms with Crippen molar-refractivity contribution in [2.45, 2.75) is 33.7 Å². The summed E-state index contributed by atoms with van der Waals surface area (Å²) in [6, 6.07) is -0.493. The zero-order valence-corrected chi connectivity index (χ0v) is 9.83. The van der Waals surface area contributed by atoms with Gasteiger partial charge in [0.2, 0.25) is 11.8 Å². The van der Waals surface area contributed by atoms with E-state index in [1.54, 1.807) is 19.9 Å². The fourth-order valence-corrected chi connectivity index (χ4v) is 0.936. The number of amides is 2. The summed E-state index contributed by atoms with van der Waals surface area (Å²) in [6.07, 6.45) is 3.03. The Labute approximate surface area is 91.1 Å². The lowest BCUT2D eigenvalue weighted by Gasteiger charge is -2.14. The van der Waals surface area contributed by atoms with Crippen molar-refractivity contribution in [1.29, 1.82) is 0 Å². The molecule has 0 spiro atoms. The Bertz CT molecular complexity index is 247. The second-order valence-corrected chi connectivity index (χ2v) is 3.87. The molecule has 4 nitrogen and oxygen atoms in total. The SMILES string of the molecule is C/C=C/C(=O)NC(C)C(=O)NCC(C)C. The van der Waals surface area contributed by atoms with Gasteiger partial charge in [-0.2, -0.15) is 0 Å². The molecule has 2 N–H and O–H groups in total. The predicted octanol–water partition coefficient (Wildman–Crippen LogP) is 0.839. The summed E-state index contributed by atoms with van der Waals surface area (Å²) in [7, 11) is 0. The summed E-state index contributed by atoms with van der Waals surface area (Å²) in [5, 5.41) is 5.32. The van der Waals surface area contributed by atoms with Crippen molar-refractivity contribution in [1.82, 2.24) is 10.6 Å². The standard InChI is InChI=1S/C11H20N2O2/c1-5-6-10(14)13-9(4)11(15)12-7-8(2)3/h5-6,8-9H,7H2,1-4H3,(H,12,15)(H,13,14)/b6-5+. The van der Waals surface area contributed by atoms with Gasteiger partial charge >= 0.3 is 0 Å². The van der Waals surface area contributed by atoms with Crippen molar-refractivity contribution in [3.05, 3.63) is 12.2 Å². The van der Waals surface area contributed by atoms with Crippen LogP contribution in [-0.2, 0) is 9.59 Å². The number of allylic oxidation sites excluding steroid dienone is 1. The molecule has 0 rings (SSSR count). The fourth-order valence-electron chi connectivity index (χ4n) is 0.936. The normalized spacial score (nSPS) is 12.9. The van der Waals surface area contributed by atoms with Crippen LogP contribution < -0.4 is 10.6 Å². The largest absolute Gasteiger partial charge is 0.354 e. The Hall–Kier alpha value is -1.32. The fraction of sp³-hybridized carbons (Fsp3) is 0.636. The summed E-state index contributed by atoms with van der Waals surface area (Å²) in [4.78, 5) is 22.6. The van der Waals surface area contributed by atoms with E-state index in [0.717, 1.165) is 0 Å². The zero-order valence-electron chi connectivity index (χ0n) is 9.83. The van der Waals surface area contributed by atoms with E-state index >= 15 is 0 Å². The van der Waals surface area contributed by atoms with E-state index in [4.69, 9.17) is 0 Å². The van der Waals surface area contributed by atoms with Crippen LogP contribution >= 0.6 is 0 Å². The van der Waals surface area contributed by atoms with Crippen molar-refractivity contribution in [3.63, 3.8) is 0 Å². The van der Waals surface area contributed by atoms with Gasteiger partial charge in [0, 0.05) is 6.54 Å². The highest BCUT2D eigenvalue weighted by Gasteiger charge is 2.13. The molecule has 2 amide bonds. The van der Waals surface area contributed by atoms with Crippen molar-refractivity contribution in [2.75, 3.05) is 6.54 Å². The summed E-state index contributed by atoms with van der Waals surface area (Å²) >= 11 is 0. The molecule has 0 saturated carbocycles. The first-order chi connectivity index (χ1) is 6.97. The quantitative estimate of drug-likeness (QED) is 0.663. The number of carbonyl (C=O) groups excluding carboxylic acids is 2. The Morgan fingerprint density at radius 2 is 1.87 bits per heavy atom. The first-order valence-corrected chi connectivity index (χ1v) is 5.18. The van der Waals surface area contributed by atoms with Gasteiger partial charge in [-0.05, 0) is 25.8 Å². The first kappa shape index (κ1) is 13.7. The highest BCUT2D eigenvalue weighted by Crippen LogP contribution is 1.89. The molecule has 0 aromatic heterocycles. The van der Waals surface area contributed by atoms with Crippen LogP contribution in [0.3, 0.4) is 0 Å². The third kappa shape index (κ3) is 6.71. The number of carbonyl (C=O) groups is 2. The van der Waals surface area contributed by atoms with Crippen molar-refractivity contribution in [2.24, 2.45) is 5.92 Å². The maximum atomic E-state index is 11.4. The summed E-state index contributed by atoms with van der Waals surface area (Å²) in [5.74, 6) is 0.0126. The molecule has 0 aliphatic rings. The third-order valence-electron chi connectivity index (χ3n) is 1.75. The molecule has 1 unspecified atom stereocenters. The lowest BCUT2D eigenvalue weighted by molar-refractivity contribution is -0.126. The van der Waals surface area contributed by atoms with Gasteiger partial charge in [0.05, 0.1) is 0 Å². The maximum absolute atomic E-state index is 11.4. The van der Waals surface area contributed by atoms with Crippen LogP contribution in [0.15, 0.2) is 12.2 Å². The second-order valence-electron chi connectivity index (χ2n) is 3.87. The summed E-state index contributed by atoms with van der Waals surface area (Å²) in [6.45, 7) is 8.08. The van der Waals surface area contributed by atoms with Crippen LogP contribution in [0, 0.1) is 5.92 Å². The number of hydrogen-bond donors (Lipinski definition) is 2. The number of rotatable bonds is 5. The average Bonchev–Trinajstić information content (AvgIpc) is 2.14. The minimum Gasteiger partial charge on any atom is -0.354 e. The minimum absolute atomic E-state index is 0.151. The monoisotopic (exact) mass is 212 g/mol. The van der Waals surface area contributed by atoms with Crippen LogP contribution in [0.1, 0.15) is 27.7 Å². The molecule has 0 aromatic rings. The van der Waals surface area contributed by atoms with Crippen LogP contribution in [0.4, 0.5) is 0 Å². The van der Waals surface area contributed by atoms with E-state index in [1.807, 2.05) is 13.8 Å². The van der Waals surface area contributed by atoms with Crippen LogP contribution in [0.2, 0.25) is 0 Å². The molecule has 0 heterocycles. The molecule has 1 atom stereocenters. The van der Waals surface area contributed by atoms with E-state index in [1.165, 1.54) is 6.08 Å². The molecular formula is C11H20N2O2. The van der Waals surface area contributed by atoms with Gasteiger partial charge in [0.15, 0.2) is 0 Å². The predicted molar refractivity (Wildman–Crippen MR) is 60.3 cm³/mol. The molecule has 15 heavy (non-hydrogen) atoms.